The molecule has 1 unspecified atom stereocenters. The molecule has 0 radical (unpaired) electrons. The minimum Gasteiger partial charge on any atom is -1.00 e. The summed E-state index contributed by atoms with van der Waals surface area (Å²) in [6, 6.07) is 17.8. The summed E-state index contributed by atoms with van der Waals surface area (Å²) >= 11 is 1.03. The summed E-state index contributed by atoms with van der Waals surface area (Å²) in [6.07, 6.45) is 0. The predicted octanol–water partition coefficient (Wildman–Crippen LogP) is 2.04. The molecule has 4 rings (SSSR count). The third-order valence-electron chi connectivity index (χ3n) is 4.54. The van der Waals surface area contributed by atoms with Gasteiger partial charge in [0.15, 0.2) is 0 Å². The molecule has 7 heteroatoms. The van der Waals surface area contributed by atoms with Crippen LogP contribution in [0, 0.1) is 5.82 Å². The summed E-state index contributed by atoms with van der Waals surface area (Å²) in [7, 11) is 1.50. The molecule has 138 valence electrons. The number of nitrogens with zero attached hydrogens (tertiary/aromatic N) is 1. The maximum atomic E-state index is 13.7. The third-order valence-corrected chi connectivity index (χ3v) is 5.72. The van der Waals surface area contributed by atoms with Crippen LogP contribution in [-0.2, 0) is 11.4 Å². The molecule has 0 saturated carbocycles. The Labute approximate surface area is 189 Å². The first-order valence-electron chi connectivity index (χ1n) is 8.41. The Morgan fingerprint density at radius 3 is 2.50 bits per heavy atom. The van der Waals surface area contributed by atoms with E-state index < -0.39 is 5.25 Å². The van der Waals surface area contributed by atoms with Crippen molar-refractivity contribution in [2.24, 2.45) is 0 Å². The van der Waals surface area contributed by atoms with E-state index in [4.69, 9.17) is 4.74 Å². The monoisotopic (exact) mass is 405 g/mol. The Hall–Kier alpha value is -1.86. The largest absolute Gasteiger partial charge is 1.00 e. The number of carbonyl (C=O) groups excluding carboxylic acids is 2. The van der Waals surface area contributed by atoms with Crippen LogP contribution >= 0.6 is 11.8 Å². The van der Waals surface area contributed by atoms with Crippen molar-refractivity contribution in [2.45, 2.75) is 11.9 Å². The van der Waals surface area contributed by atoms with Gasteiger partial charge in [-0.2, -0.15) is 0 Å². The van der Waals surface area contributed by atoms with Crippen LogP contribution in [0.15, 0.2) is 60.7 Å². The molecular formula is C21H17FNNaO3S. The zero-order chi connectivity index (χ0) is 19.0. The van der Waals surface area contributed by atoms with Gasteiger partial charge in [-0.3, -0.25) is 14.5 Å². The van der Waals surface area contributed by atoms with Crippen LogP contribution in [0.4, 0.5) is 9.18 Å². The number of likely N-dealkylation sites (N-methyl/N-ethyl adjacent to an activating group) is 1. The van der Waals surface area contributed by atoms with E-state index in [1.807, 2.05) is 36.4 Å². The number of rotatable bonds is 4. The van der Waals surface area contributed by atoms with Crippen LogP contribution in [0.5, 0.6) is 5.75 Å². The van der Waals surface area contributed by atoms with E-state index in [9.17, 15) is 14.0 Å². The van der Waals surface area contributed by atoms with Gasteiger partial charge in [-0.1, -0.05) is 36.4 Å². The summed E-state index contributed by atoms with van der Waals surface area (Å²) in [5.41, 5.74) is 1.30. The zero-order valence-electron chi connectivity index (χ0n) is 16.5. The van der Waals surface area contributed by atoms with Crippen molar-refractivity contribution in [1.82, 2.24) is 4.90 Å². The molecular weight excluding hydrogens is 388 g/mol. The van der Waals surface area contributed by atoms with E-state index in [0.29, 0.717) is 11.3 Å². The molecule has 1 atom stereocenters. The first-order valence-corrected chi connectivity index (χ1v) is 9.29. The average Bonchev–Trinajstić information content (AvgIpc) is 2.94. The molecule has 0 aliphatic carbocycles. The first-order chi connectivity index (χ1) is 13.0. The molecule has 3 aromatic carbocycles. The number of ether oxygens (including phenoxy) is 1. The van der Waals surface area contributed by atoms with Gasteiger partial charge in [0.05, 0.1) is 0 Å². The fraction of sp³-hybridized carbons (Fsp3) is 0.143. The molecule has 0 bridgehead atoms. The van der Waals surface area contributed by atoms with Crippen LogP contribution in [0.2, 0.25) is 0 Å². The molecule has 0 N–H and O–H groups in total. The zero-order valence-corrected chi connectivity index (χ0v) is 18.3. The number of amides is 2. The van der Waals surface area contributed by atoms with Crippen molar-refractivity contribution in [3.63, 3.8) is 0 Å². The van der Waals surface area contributed by atoms with E-state index in [1.165, 1.54) is 13.1 Å². The summed E-state index contributed by atoms with van der Waals surface area (Å²) in [4.78, 5) is 25.1. The molecule has 28 heavy (non-hydrogen) atoms. The number of hydrogen-bond donors (Lipinski definition) is 0. The Balaban J connectivity index is 0.00000150. The van der Waals surface area contributed by atoms with Gasteiger partial charge in [0.1, 0.15) is 23.4 Å². The number of fused-ring (bicyclic) bond motifs is 1. The van der Waals surface area contributed by atoms with Crippen LogP contribution in [0.1, 0.15) is 17.8 Å². The first kappa shape index (κ1) is 20.9. The third kappa shape index (κ3) is 4.10. The summed E-state index contributed by atoms with van der Waals surface area (Å²) in [6.45, 7) is 0.151. The molecule has 4 nitrogen and oxygen atoms in total. The number of halogens is 1. The predicted molar refractivity (Wildman–Crippen MR) is 104 cm³/mol. The van der Waals surface area contributed by atoms with Crippen molar-refractivity contribution in [3.05, 3.63) is 77.6 Å². The van der Waals surface area contributed by atoms with Crippen LogP contribution in [0.3, 0.4) is 0 Å². The van der Waals surface area contributed by atoms with Gasteiger partial charge in [0, 0.05) is 12.6 Å². The van der Waals surface area contributed by atoms with E-state index in [0.717, 1.165) is 33.0 Å². The second-order valence-corrected chi connectivity index (χ2v) is 7.37. The van der Waals surface area contributed by atoms with E-state index >= 15 is 0 Å². The summed E-state index contributed by atoms with van der Waals surface area (Å²) in [5.74, 6) is 0.148. The van der Waals surface area contributed by atoms with Crippen LogP contribution in [0.25, 0.3) is 10.8 Å². The van der Waals surface area contributed by atoms with E-state index in [2.05, 4.69) is 0 Å². The Bertz CT molecular complexity index is 1070. The molecule has 0 aromatic heterocycles. The molecule has 1 aliphatic rings. The topological polar surface area (TPSA) is 46.6 Å². The quantitative estimate of drug-likeness (QED) is 0.624. The molecule has 1 fully saturated rings. The van der Waals surface area contributed by atoms with Gasteiger partial charge in [-0.25, -0.2) is 4.39 Å². The van der Waals surface area contributed by atoms with Gasteiger partial charge < -0.3 is 6.16 Å². The maximum absolute atomic E-state index is 13.7. The second kappa shape index (κ2) is 8.66. The number of thioether (sulfide) groups is 1. The second-order valence-electron chi connectivity index (χ2n) is 6.31. The Morgan fingerprint density at radius 2 is 1.79 bits per heavy atom. The Kier molecular flexibility index (Phi) is 6.45. The normalized spacial score (nSPS) is 16.4. The average molecular weight is 405 g/mol. The number of hydrogen-bond acceptors (Lipinski definition) is 4. The molecule has 1 saturated heterocycles. The van der Waals surface area contributed by atoms with Crippen molar-refractivity contribution in [2.75, 3.05) is 7.05 Å². The molecule has 1 aliphatic heterocycles. The van der Waals surface area contributed by atoms with Gasteiger partial charge in [0.2, 0.25) is 5.91 Å². The van der Waals surface area contributed by atoms with Crippen LogP contribution < -0.4 is 34.3 Å². The van der Waals surface area contributed by atoms with Crippen molar-refractivity contribution in [3.8, 4) is 5.75 Å². The minimum absolute atomic E-state index is 0. The fourth-order valence-electron chi connectivity index (χ4n) is 2.98. The van der Waals surface area contributed by atoms with Crippen molar-refractivity contribution >= 4 is 33.7 Å². The van der Waals surface area contributed by atoms with E-state index in [-0.39, 0.29) is 54.6 Å². The fourth-order valence-corrected chi connectivity index (χ4v) is 3.97. The summed E-state index contributed by atoms with van der Waals surface area (Å²) < 4.78 is 19.4. The summed E-state index contributed by atoms with van der Waals surface area (Å²) in [5, 5.41) is 1.16. The van der Waals surface area contributed by atoms with Gasteiger partial charge in [0.25, 0.3) is 5.24 Å². The van der Waals surface area contributed by atoms with Gasteiger partial charge in [-0.15, -0.1) is 0 Å². The minimum atomic E-state index is -0.496. The van der Waals surface area contributed by atoms with Gasteiger partial charge in [-0.05, 0) is 52.4 Å². The standard InChI is InChI=1S/C21H16FNO3S.Na.H/c1-23-20(24)19(27-21(23)25)15-7-6-14-11-17(9-8-13(14)10-15)26-12-16-4-2-3-5-18(16)22;;/h2-11,19H,12H2,1H3;;/q;+1;-1. The molecule has 3 aromatic rings. The number of benzene rings is 3. The number of carbonyl (C=O) groups is 2. The number of imide groups is 1. The SMILES string of the molecule is CN1C(=O)SC(c2ccc3cc(OCc4ccccc4F)ccc3c2)C1=O.[H-].[Na+]. The van der Waals surface area contributed by atoms with Gasteiger partial charge >= 0.3 is 29.6 Å². The molecule has 2 amide bonds. The smallest absolute Gasteiger partial charge is 1.00 e. The molecule has 1 heterocycles. The van der Waals surface area contributed by atoms with E-state index in [1.54, 1.807) is 18.2 Å². The van der Waals surface area contributed by atoms with Crippen molar-refractivity contribution in [1.29, 1.82) is 0 Å². The van der Waals surface area contributed by atoms with Crippen LogP contribution in [-0.4, -0.2) is 23.1 Å². The Morgan fingerprint density at radius 1 is 1.07 bits per heavy atom. The maximum Gasteiger partial charge on any atom is 1.00 e. The molecule has 0 spiro atoms. The van der Waals surface area contributed by atoms with Crippen molar-refractivity contribution < 1.29 is 49.7 Å².